The number of pyridine rings is 1. The molecule has 1 heterocycles. The van der Waals surface area contributed by atoms with E-state index >= 15 is 0 Å². The number of aryl methyl sites for hydroxylation is 1. The summed E-state index contributed by atoms with van der Waals surface area (Å²) in [4.78, 5) is 18.3. The number of nitrogens with two attached hydrogens (primary N) is 1. The third-order valence-corrected chi connectivity index (χ3v) is 3.18. The first-order valence-electron chi connectivity index (χ1n) is 6.06. The molecule has 1 aliphatic rings. The van der Waals surface area contributed by atoms with E-state index in [2.05, 4.69) is 4.98 Å². The number of likely N-dealkylation sites (N-methyl/N-ethyl adjacent to an activating group) is 1. The van der Waals surface area contributed by atoms with Crippen LogP contribution < -0.4 is 5.73 Å². The molecule has 2 rings (SSSR count). The van der Waals surface area contributed by atoms with Crippen LogP contribution in [0.3, 0.4) is 0 Å². The number of hydrogen-bond donors (Lipinski definition) is 1. The average Bonchev–Trinajstić information content (AvgIpc) is 3.05. The molecule has 2 N–H and O–H groups in total. The molecule has 1 aromatic rings. The molecule has 1 aliphatic carbocycles. The van der Waals surface area contributed by atoms with Crippen molar-refractivity contribution in [3.8, 4) is 0 Å². The number of nitrogens with zero attached hydrogens (tertiary/aromatic N) is 2. The van der Waals surface area contributed by atoms with Gasteiger partial charge < -0.3 is 10.6 Å². The average molecular weight is 233 g/mol. The zero-order chi connectivity index (χ0) is 12.5. The molecule has 0 spiro atoms. The summed E-state index contributed by atoms with van der Waals surface area (Å²) in [7, 11) is 0. The molecule has 0 aliphatic heterocycles. The van der Waals surface area contributed by atoms with Gasteiger partial charge in [0.05, 0.1) is 17.8 Å². The van der Waals surface area contributed by atoms with Crippen molar-refractivity contribution in [1.29, 1.82) is 0 Å². The predicted octanol–water partition coefficient (Wildman–Crippen LogP) is 1.23. The first-order valence-corrected chi connectivity index (χ1v) is 6.06. The molecule has 0 unspecified atom stereocenters. The smallest absolute Gasteiger partial charge is 0.242 e. The van der Waals surface area contributed by atoms with Crippen LogP contribution in [0, 0.1) is 6.92 Å². The van der Waals surface area contributed by atoms with E-state index in [0.717, 1.165) is 24.2 Å². The minimum Gasteiger partial charge on any atom is -0.335 e. The summed E-state index contributed by atoms with van der Waals surface area (Å²) in [6, 6.07) is 5.86. The molecule has 0 bridgehead atoms. The minimum atomic E-state index is -0.583. The second-order valence-electron chi connectivity index (χ2n) is 4.75. The van der Waals surface area contributed by atoms with Gasteiger partial charge in [0.25, 0.3) is 0 Å². The number of aromatic nitrogens is 1. The molecule has 0 radical (unpaired) electrons. The number of carbonyl (C=O) groups excluding carboxylic acids is 1. The van der Waals surface area contributed by atoms with Gasteiger partial charge in [0.2, 0.25) is 5.91 Å². The summed E-state index contributed by atoms with van der Waals surface area (Å²) in [5.74, 6) is 0.0586. The van der Waals surface area contributed by atoms with Crippen LogP contribution in [0.25, 0.3) is 0 Å². The maximum atomic E-state index is 12.1. The molecule has 1 saturated carbocycles. The quantitative estimate of drug-likeness (QED) is 0.851. The van der Waals surface area contributed by atoms with Crippen molar-refractivity contribution in [1.82, 2.24) is 9.88 Å². The fourth-order valence-corrected chi connectivity index (χ4v) is 1.87. The lowest BCUT2D eigenvalue weighted by atomic mass is 10.2. The van der Waals surface area contributed by atoms with Gasteiger partial charge in [-0.2, -0.15) is 0 Å². The molecule has 17 heavy (non-hydrogen) atoms. The fraction of sp³-hybridized carbons (Fsp3) is 0.538. The molecule has 1 amide bonds. The lowest BCUT2D eigenvalue weighted by Gasteiger charge is -2.23. The van der Waals surface area contributed by atoms with Crippen molar-refractivity contribution in [3.63, 3.8) is 0 Å². The summed E-state index contributed by atoms with van der Waals surface area (Å²) in [6.07, 6.45) is 1.62. The van der Waals surface area contributed by atoms with E-state index in [9.17, 15) is 4.79 Å². The molecule has 0 saturated heterocycles. The maximum absolute atomic E-state index is 12.1. The second-order valence-corrected chi connectivity index (χ2v) is 4.75. The van der Waals surface area contributed by atoms with E-state index in [1.165, 1.54) is 0 Å². The van der Waals surface area contributed by atoms with E-state index in [0.29, 0.717) is 13.1 Å². The first kappa shape index (κ1) is 12.0. The molecular weight excluding hydrogens is 214 g/mol. The van der Waals surface area contributed by atoms with Crippen LogP contribution in [0.4, 0.5) is 0 Å². The van der Waals surface area contributed by atoms with Crippen LogP contribution >= 0.6 is 0 Å². The van der Waals surface area contributed by atoms with Crippen molar-refractivity contribution in [3.05, 3.63) is 29.6 Å². The van der Waals surface area contributed by atoms with Crippen LogP contribution in [-0.2, 0) is 11.3 Å². The van der Waals surface area contributed by atoms with E-state index in [1.54, 1.807) is 4.90 Å². The molecule has 0 atom stereocenters. The Morgan fingerprint density at radius 3 is 2.76 bits per heavy atom. The Kier molecular flexibility index (Phi) is 3.15. The van der Waals surface area contributed by atoms with E-state index in [4.69, 9.17) is 5.73 Å². The van der Waals surface area contributed by atoms with Crippen LogP contribution in [-0.4, -0.2) is 27.9 Å². The normalized spacial score (nSPS) is 16.6. The van der Waals surface area contributed by atoms with E-state index in [-0.39, 0.29) is 5.91 Å². The number of hydrogen-bond acceptors (Lipinski definition) is 3. The van der Waals surface area contributed by atoms with Crippen LogP contribution in [0.5, 0.6) is 0 Å². The zero-order valence-electron chi connectivity index (χ0n) is 10.4. The van der Waals surface area contributed by atoms with Crippen molar-refractivity contribution in [2.24, 2.45) is 5.73 Å². The highest BCUT2D eigenvalue weighted by Gasteiger charge is 2.47. The summed E-state index contributed by atoms with van der Waals surface area (Å²) < 4.78 is 0. The van der Waals surface area contributed by atoms with Gasteiger partial charge >= 0.3 is 0 Å². The van der Waals surface area contributed by atoms with Crippen LogP contribution in [0.1, 0.15) is 31.2 Å². The van der Waals surface area contributed by atoms with Gasteiger partial charge in [-0.1, -0.05) is 6.07 Å². The van der Waals surface area contributed by atoms with Gasteiger partial charge in [-0.15, -0.1) is 0 Å². The summed E-state index contributed by atoms with van der Waals surface area (Å²) in [6.45, 7) is 5.15. The standard InChI is InChI=1S/C13H19N3O/c1-3-16(12(17)13(14)7-8-13)9-11-6-4-5-10(2)15-11/h4-6H,3,7-9,14H2,1-2H3. The van der Waals surface area contributed by atoms with Crippen molar-refractivity contribution in [2.45, 2.75) is 38.8 Å². The molecule has 1 aromatic heterocycles. The molecule has 4 nitrogen and oxygen atoms in total. The predicted molar refractivity (Wildman–Crippen MR) is 66.2 cm³/mol. The third-order valence-electron chi connectivity index (χ3n) is 3.18. The first-order chi connectivity index (χ1) is 8.05. The molecular formula is C13H19N3O. The minimum absolute atomic E-state index is 0.0586. The van der Waals surface area contributed by atoms with E-state index < -0.39 is 5.54 Å². The topological polar surface area (TPSA) is 59.2 Å². The highest BCUT2D eigenvalue weighted by Crippen LogP contribution is 2.34. The number of rotatable bonds is 4. The zero-order valence-corrected chi connectivity index (χ0v) is 10.4. The third kappa shape index (κ3) is 2.64. The second kappa shape index (κ2) is 4.45. The number of amides is 1. The van der Waals surface area contributed by atoms with Crippen molar-refractivity contribution < 1.29 is 4.79 Å². The van der Waals surface area contributed by atoms with Crippen molar-refractivity contribution >= 4 is 5.91 Å². The molecule has 1 fully saturated rings. The Balaban J connectivity index is 2.07. The molecule has 92 valence electrons. The molecule has 0 aromatic carbocycles. The van der Waals surface area contributed by atoms with Gasteiger partial charge in [0.15, 0.2) is 0 Å². The maximum Gasteiger partial charge on any atom is 0.242 e. The fourth-order valence-electron chi connectivity index (χ4n) is 1.87. The highest BCUT2D eigenvalue weighted by molar-refractivity contribution is 5.89. The van der Waals surface area contributed by atoms with Gasteiger partial charge in [-0.05, 0) is 38.8 Å². The Morgan fingerprint density at radius 2 is 2.24 bits per heavy atom. The summed E-state index contributed by atoms with van der Waals surface area (Å²) in [5, 5.41) is 0. The monoisotopic (exact) mass is 233 g/mol. The van der Waals surface area contributed by atoms with Crippen molar-refractivity contribution in [2.75, 3.05) is 6.54 Å². The van der Waals surface area contributed by atoms with Gasteiger partial charge in [0, 0.05) is 12.2 Å². The van der Waals surface area contributed by atoms with Gasteiger partial charge in [-0.3, -0.25) is 9.78 Å². The summed E-state index contributed by atoms with van der Waals surface area (Å²) in [5.41, 5.74) is 7.25. The molecule has 4 heteroatoms. The van der Waals surface area contributed by atoms with Gasteiger partial charge in [0.1, 0.15) is 0 Å². The Hall–Kier alpha value is -1.42. The highest BCUT2D eigenvalue weighted by atomic mass is 16.2. The largest absolute Gasteiger partial charge is 0.335 e. The number of carbonyl (C=O) groups is 1. The van der Waals surface area contributed by atoms with E-state index in [1.807, 2.05) is 32.0 Å². The lowest BCUT2D eigenvalue weighted by Crippen LogP contribution is -2.45. The summed E-state index contributed by atoms with van der Waals surface area (Å²) >= 11 is 0. The van der Waals surface area contributed by atoms with Crippen LogP contribution in [0.15, 0.2) is 18.2 Å². The Bertz CT molecular complexity index is 426. The Morgan fingerprint density at radius 1 is 1.53 bits per heavy atom. The lowest BCUT2D eigenvalue weighted by molar-refractivity contribution is -0.134. The Labute approximate surface area is 102 Å². The van der Waals surface area contributed by atoms with Crippen LogP contribution in [0.2, 0.25) is 0 Å². The SMILES string of the molecule is CCN(Cc1cccc(C)n1)C(=O)C1(N)CC1. The van der Waals surface area contributed by atoms with Gasteiger partial charge in [-0.25, -0.2) is 0 Å².